The van der Waals surface area contributed by atoms with Crippen LogP contribution in [0.3, 0.4) is 0 Å². The molecule has 0 fully saturated rings. The molecule has 1 aromatic rings. The molecule has 1 aromatic carbocycles. The van der Waals surface area contributed by atoms with Crippen molar-refractivity contribution in [1.29, 1.82) is 0 Å². The van der Waals surface area contributed by atoms with E-state index >= 15 is 0 Å². The summed E-state index contributed by atoms with van der Waals surface area (Å²) in [5.74, 6) is -2.50. The molecule has 2 amide bonds. The van der Waals surface area contributed by atoms with Crippen molar-refractivity contribution in [3.8, 4) is 5.75 Å². The Morgan fingerprint density at radius 2 is 2.09 bits per heavy atom. The van der Waals surface area contributed by atoms with Crippen LogP contribution in [0.25, 0.3) is 0 Å². The number of carbonyl (C=O) groups excluding carboxylic acids is 2. The van der Waals surface area contributed by atoms with Gasteiger partial charge in [-0.05, 0) is 19.1 Å². The van der Waals surface area contributed by atoms with Crippen LogP contribution in [0.2, 0.25) is 0 Å². The molecule has 0 bridgehead atoms. The van der Waals surface area contributed by atoms with Crippen LogP contribution in [0.15, 0.2) is 23.3 Å². The molecule has 0 unspecified atom stereocenters. The van der Waals surface area contributed by atoms with Crippen molar-refractivity contribution in [3.05, 3.63) is 33.9 Å². The summed E-state index contributed by atoms with van der Waals surface area (Å²) in [6.45, 7) is 3.60. The van der Waals surface area contributed by atoms with Crippen molar-refractivity contribution in [1.82, 2.24) is 10.7 Å². The third-order valence-electron chi connectivity index (χ3n) is 2.76. The number of hydrogen-bond donors (Lipinski definition) is 2. The molecule has 0 aliphatic rings. The Kier molecular flexibility index (Phi) is 5.99. The second kappa shape index (κ2) is 7.72. The van der Waals surface area contributed by atoms with Crippen LogP contribution in [0.5, 0.6) is 5.75 Å². The van der Waals surface area contributed by atoms with E-state index in [9.17, 15) is 24.8 Å². The average Bonchev–Trinajstić information content (AvgIpc) is 2.48. The second-order valence-electron chi connectivity index (χ2n) is 4.47. The number of amides is 2. The highest BCUT2D eigenvalue weighted by Gasteiger charge is 2.14. The van der Waals surface area contributed by atoms with Gasteiger partial charge in [-0.25, -0.2) is 5.43 Å². The van der Waals surface area contributed by atoms with Crippen LogP contribution in [-0.4, -0.2) is 29.0 Å². The number of hydrazone groups is 1. The van der Waals surface area contributed by atoms with E-state index in [-0.39, 0.29) is 11.6 Å². The quantitative estimate of drug-likeness (QED) is 0.342. The predicted octanol–water partition coefficient (Wildman–Crippen LogP) is 0.0332. The molecule has 0 saturated heterocycles. The van der Waals surface area contributed by atoms with Crippen LogP contribution in [0.4, 0.5) is 5.69 Å². The van der Waals surface area contributed by atoms with Crippen LogP contribution >= 0.6 is 0 Å². The summed E-state index contributed by atoms with van der Waals surface area (Å²) in [7, 11) is 0. The fourth-order valence-electron chi connectivity index (χ4n) is 1.36. The lowest BCUT2D eigenvalue weighted by Gasteiger charge is -2.09. The molecule has 0 aliphatic carbocycles. The first-order chi connectivity index (χ1) is 10.3. The highest BCUT2D eigenvalue weighted by atomic mass is 16.6. The smallest absolute Gasteiger partial charge is 0.329 e. The first-order valence-electron chi connectivity index (χ1n) is 6.44. The van der Waals surface area contributed by atoms with Crippen LogP contribution in [-0.2, 0) is 9.59 Å². The maximum absolute atomic E-state index is 11.4. The number of rotatable bonds is 5. The van der Waals surface area contributed by atoms with Gasteiger partial charge in [0.15, 0.2) is 0 Å². The fourth-order valence-corrected chi connectivity index (χ4v) is 1.36. The van der Waals surface area contributed by atoms with Gasteiger partial charge < -0.3 is 10.4 Å². The second-order valence-corrected chi connectivity index (χ2v) is 4.47. The maximum Gasteiger partial charge on any atom is 0.329 e. The molecule has 2 N–H and O–H groups in total. The Morgan fingerprint density at radius 3 is 2.68 bits per heavy atom. The van der Waals surface area contributed by atoms with Crippen molar-refractivity contribution in [2.45, 2.75) is 26.3 Å². The Morgan fingerprint density at radius 1 is 1.41 bits per heavy atom. The molecule has 0 spiro atoms. The molecule has 0 radical (unpaired) electrons. The topological polar surface area (TPSA) is 137 Å². The third kappa shape index (κ3) is 4.85. The van der Waals surface area contributed by atoms with E-state index in [0.29, 0.717) is 6.42 Å². The Hall–Kier alpha value is -2.97. The molecule has 0 aromatic heterocycles. The van der Waals surface area contributed by atoms with Gasteiger partial charge >= 0.3 is 11.8 Å². The summed E-state index contributed by atoms with van der Waals surface area (Å²) in [4.78, 5) is 32.6. The fraction of sp³-hybridized carbons (Fsp3) is 0.308. The zero-order valence-corrected chi connectivity index (χ0v) is 12.0. The van der Waals surface area contributed by atoms with E-state index in [0.717, 1.165) is 18.3 Å². The predicted molar refractivity (Wildman–Crippen MR) is 76.2 cm³/mol. The molecular weight excluding hydrogens is 292 g/mol. The van der Waals surface area contributed by atoms with Crippen LogP contribution < -0.4 is 15.8 Å². The largest absolute Gasteiger partial charge is 0.868 e. The standard InChI is InChI=1S/C13H16N4O5/c1-3-8(2)15-12(19)13(20)16-14-7-9-4-5-11(18)10(6-9)17(21)22/h4-8,18H,3H2,1-2H3,(H,15,19)(H,16,20)/p-1/b14-7-/t8-/m1/s1. The van der Waals surface area contributed by atoms with E-state index in [1.807, 2.05) is 12.3 Å². The van der Waals surface area contributed by atoms with E-state index < -0.39 is 28.2 Å². The zero-order chi connectivity index (χ0) is 16.7. The molecule has 0 saturated carbocycles. The van der Waals surface area contributed by atoms with Crippen LogP contribution in [0, 0.1) is 10.1 Å². The number of hydrogen-bond acceptors (Lipinski definition) is 6. The molecule has 118 valence electrons. The number of nitro benzene ring substituents is 1. The SMILES string of the molecule is CC[C@@H](C)NC(=O)C(=O)N/N=C\c1ccc([O-])c([N+](=O)[O-])c1. The summed E-state index contributed by atoms with van der Waals surface area (Å²) in [5.41, 5.74) is 1.65. The minimum atomic E-state index is -0.952. The Labute approximate surface area is 126 Å². The average molecular weight is 307 g/mol. The number of nitrogens with zero attached hydrogens (tertiary/aromatic N) is 2. The number of nitro groups is 1. The molecular formula is C13H15N4O5-. The van der Waals surface area contributed by atoms with Gasteiger partial charge in [-0.1, -0.05) is 19.1 Å². The monoisotopic (exact) mass is 307 g/mol. The van der Waals surface area contributed by atoms with Gasteiger partial charge in [-0.2, -0.15) is 5.10 Å². The van der Waals surface area contributed by atoms with Gasteiger partial charge in [0.25, 0.3) is 5.69 Å². The van der Waals surface area contributed by atoms with Gasteiger partial charge in [0, 0.05) is 17.7 Å². The number of carbonyl (C=O) groups is 2. The van der Waals surface area contributed by atoms with Crippen molar-refractivity contribution in [2.75, 3.05) is 0 Å². The lowest BCUT2D eigenvalue weighted by atomic mass is 10.2. The highest BCUT2D eigenvalue weighted by molar-refractivity contribution is 6.35. The van der Waals surface area contributed by atoms with Crippen molar-refractivity contribution < 1.29 is 19.6 Å². The van der Waals surface area contributed by atoms with Gasteiger partial charge in [-0.15, -0.1) is 0 Å². The van der Waals surface area contributed by atoms with E-state index in [1.165, 1.54) is 6.07 Å². The summed E-state index contributed by atoms with van der Waals surface area (Å²) in [6, 6.07) is 3.22. The van der Waals surface area contributed by atoms with E-state index in [4.69, 9.17) is 0 Å². The van der Waals surface area contributed by atoms with Crippen molar-refractivity contribution in [2.24, 2.45) is 5.10 Å². The molecule has 22 heavy (non-hydrogen) atoms. The van der Waals surface area contributed by atoms with Crippen molar-refractivity contribution in [3.63, 3.8) is 0 Å². The molecule has 9 heteroatoms. The molecule has 1 rings (SSSR count). The summed E-state index contributed by atoms with van der Waals surface area (Å²) in [6.07, 6.45) is 1.77. The van der Waals surface area contributed by atoms with E-state index in [2.05, 4.69) is 10.4 Å². The highest BCUT2D eigenvalue weighted by Crippen LogP contribution is 2.22. The van der Waals surface area contributed by atoms with Gasteiger partial charge in [0.2, 0.25) is 0 Å². The molecule has 0 aliphatic heterocycles. The Bertz CT molecular complexity index is 614. The minimum absolute atomic E-state index is 0.144. The zero-order valence-electron chi connectivity index (χ0n) is 12.0. The summed E-state index contributed by atoms with van der Waals surface area (Å²) >= 11 is 0. The molecule has 1 atom stereocenters. The maximum atomic E-state index is 11.4. The minimum Gasteiger partial charge on any atom is -0.868 e. The van der Waals surface area contributed by atoms with E-state index in [1.54, 1.807) is 6.92 Å². The lowest BCUT2D eigenvalue weighted by molar-refractivity contribution is -0.398. The van der Waals surface area contributed by atoms with Crippen molar-refractivity contribution >= 4 is 23.7 Å². The normalized spacial score (nSPS) is 11.9. The number of nitrogens with one attached hydrogen (secondary N) is 2. The van der Waals surface area contributed by atoms with Crippen LogP contribution in [0.1, 0.15) is 25.8 Å². The van der Waals surface area contributed by atoms with Gasteiger partial charge in [0.05, 0.1) is 11.1 Å². The molecule has 0 heterocycles. The van der Waals surface area contributed by atoms with Gasteiger partial charge in [0.1, 0.15) is 0 Å². The molecule has 9 nitrogen and oxygen atoms in total. The lowest BCUT2D eigenvalue weighted by Crippen LogP contribution is -2.41. The first-order valence-corrected chi connectivity index (χ1v) is 6.44. The third-order valence-corrected chi connectivity index (χ3v) is 2.76. The Balaban J connectivity index is 2.66. The summed E-state index contributed by atoms with van der Waals surface area (Å²) < 4.78 is 0. The number of benzene rings is 1. The van der Waals surface area contributed by atoms with Gasteiger partial charge in [-0.3, -0.25) is 19.7 Å². The summed E-state index contributed by atoms with van der Waals surface area (Å²) in [5, 5.41) is 27.8. The first kappa shape index (κ1) is 17.1.